The maximum Gasteiger partial charge on any atom is 0.339 e. The maximum absolute atomic E-state index is 12.1. The molecule has 1 amide bonds. The summed E-state index contributed by atoms with van der Waals surface area (Å²) >= 11 is 6.02. The Hall–Kier alpha value is -2.53. The van der Waals surface area contributed by atoms with Gasteiger partial charge in [-0.05, 0) is 49.7 Å². The number of esters is 1. The second-order valence-electron chi connectivity index (χ2n) is 5.23. The largest absolute Gasteiger partial charge is 0.497 e. The second-order valence-corrected chi connectivity index (χ2v) is 5.64. The highest BCUT2D eigenvalue weighted by molar-refractivity contribution is 6.31. The molecule has 2 aromatic carbocycles. The van der Waals surface area contributed by atoms with Crippen LogP contribution in [-0.4, -0.2) is 25.1 Å². The molecule has 0 heterocycles. The van der Waals surface area contributed by atoms with Gasteiger partial charge in [0, 0.05) is 10.7 Å². The first kappa shape index (κ1) is 17.8. The number of hydrogen-bond donors (Lipinski definition) is 1. The van der Waals surface area contributed by atoms with Crippen molar-refractivity contribution in [2.45, 2.75) is 20.0 Å². The molecule has 1 atom stereocenters. The standard InChI is InChI=1S/C18H18ClNO4/c1-11-7-8-14(10-16(11)19)20-17(21)12(2)24-18(22)13-5-4-6-15(9-13)23-3/h4-10,12H,1-3H3,(H,20,21). The van der Waals surface area contributed by atoms with Crippen LogP contribution in [0.15, 0.2) is 42.5 Å². The Balaban J connectivity index is 1.99. The van der Waals surface area contributed by atoms with Crippen molar-refractivity contribution in [3.8, 4) is 5.75 Å². The van der Waals surface area contributed by atoms with Gasteiger partial charge < -0.3 is 14.8 Å². The molecule has 0 spiro atoms. The molecular weight excluding hydrogens is 330 g/mol. The molecule has 0 aliphatic carbocycles. The number of amides is 1. The van der Waals surface area contributed by atoms with E-state index in [4.69, 9.17) is 21.1 Å². The summed E-state index contributed by atoms with van der Waals surface area (Å²) in [5.74, 6) is -0.500. The molecule has 0 aliphatic rings. The maximum atomic E-state index is 12.1. The SMILES string of the molecule is COc1cccc(C(=O)OC(C)C(=O)Nc2ccc(C)c(Cl)c2)c1. The highest BCUT2D eigenvalue weighted by Gasteiger charge is 2.19. The molecule has 5 nitrogen and oxygen atoms in total. The van der Waals surface area contributed by atoms with Crippen molar-refractivity contribution < 1.29 is 19.1 Å². The fraction of sp³-hybridized carbons (Fsp3) is 0.222. The van der Waals surface area contributed by atoms with Crippen LogP contribution in [0.1, 0.15) is 22.8 Å². The van der Waals surface area contributed by atoms with Gasteiger partial charge in [-0.25, -0.2) is 4.79 Å². The quantitative estimate of drug-likeness (QED) is 0.834. The van der Waals surface area contributed by atoms with Crippen LogP contribution in [0.25, 0.3) is 0 Å². The van der Waals surface area contributed by atoms with Crippen LogP contribution in [0.5, 0.6) is 5.75 Å². The van der Waals surface area contributed by atoms with Crippen LogP contribution in [0.3, 0.4) is 0 Å². The average Bonchev–Trinajstić information content (AvgIpc) is 2.58. The van der Waals surface area contributed by atoms with E-state index in [1.54, 1.807) is 42.5 Å². The molecule has 24 heavy (non-hydrogen) atoms. The number of hydrogen-bond acceptors (Lipinski definition) is 4. The molecule has 0 aliphatic heterocycles. The molecule has 0 saturated heterocycles. The van der Waals surface area contributed by atoms with Gasteiger partial charge in [-0.15, -0.1) is 0 Å². The third kappa shape index (κ3) is 4.49. The lowest BCUT2D eigenvalue weighted by Gasteiger charge is -2.14. The number of aryl methyl sites for hydroxylation is 1. The highest BCUT2D eigenvalue weighted by atomic mass is 35.5. The Kier molecular flexibility index (Phi) is 5.82. The number of carbonyl (C=O) groups excluding carboxylic acids is 2. The van der Waals surface area contributed by atoms with Gasteiger partial charge in [0.2, 0.25) is 0 Å². The van der Waals surface area contributed by atoms with E-state index in [1.807, 2.05) is 6.92 Å². The summed E-state index contributed by atoms with van der Waals surface area (Å²) in [6.07, 6.45) is -0.955. The van der Waals surface area contributed by atoms with Gasteiger partial charge in [0.05, 0.1) is 12.7 Å². The van der Waals surface area contributed by atoms with E-state index in [9.17, 15) is 9.59 Å². The summed E-state index contributed by atoms with van der Waals surface area (Å²) in [5.41, 5.74) is 1.76. The molecule has 6 heteroatoms. The molecular formula is C18H18ClNO4. The Morgan fingerprint density at radius 1 is 1.17 bits per heavy atom. The first-order valence-corrected chi connectivity index (χ1v) is 7.70. The van der Waals surface area contributed by atoms with Gasteiger partial charge in [-0.1, -0.05) is 23.7 Å². The monoisotopic (exact) mass is 347 g/mol. The smallest absolute Gasteiger partial charge is 0.339 e. The van der Waals surface area contributed by atoms with E-state index in [0.29, 0.717) is 22.0 Å². The Bertz CT molecular complexity index is 760. The van der Waals surface area contributed by atoms with Gasteiger partial charge in [0.1, 0.15) is 5.75 Å². The third-order valence-electron chi connectivity index (χ3n) is 3.40. The van der Waals surface area contributed by atoms with E-state index < -0.39 is 18.0 Å². The van der Waals surface area contributed by atoms with Gasteiger partial charge in [-0.3, -0.25) is 4.79 Å². The van der Waals surface area contributed by atoms with E-state index >= 15 is 0 Å². The molecule has 2 rings (SSSR count). The van der Waals surface area contributed by atoms with Gasteiger partial charge in [0.25, 0.3) is 5.91 Å². The predicted octanol–water partition coefficient (Wildman–Crippen LogP) is 3.84. The van der Waals surface area contributed by atoms with Crippen LogP contribution in [0, 0.1) is 6.92 Å². The van der Waals surface area contributed by atoms with Crippen molar-refractivity contribution in [2.75, 3.05) is 12.4 Å². The summed E-state index contributed by atoms with van der Waals surface area (Å²) < 4.78 is 10.2. The summed E-state index contributed by atoms with van der Waals surface area (Å²) in [7, 11) is 1.51. The molecule has 0 aromatic heterocycles. The molecule has 126 valence electrons. The van der Waals surface area contributed by atoms with Crippen LogP contribution in [0.2, 0.25) is 5.02 Å². The first-order valence-electron chi connectivity index (χ1n) is 7.32. The first-order chi connectivity index (χ1) is 11.4. The number of methoxy groups -OCH3 is 1. The fourth-order valence-electron chi connectivity index (χ4n) is 1.95. The van der Waals surface area contributed by atoms with Crippen LogP contribution >= 0.6 is 11.6 Å². The zero-order valence-corrected chi connectivity index (χ0v) is 14.4. The normalized spacial score (nSPS) is 11.5. The summed E-state index contributed by atoms with van der Waals surface area (Å²) in [6, 6.07) is 11.7. The second kappa shape index (κ2) is 7.84. The lowest BCUT2D eigenvalue weighted by atomic mass is 10.2. The van der Waals surface area contributed by atoms with Gasteiger partial charge in [0.15, 0.2) is 6.10 Å². The molecule has 0 bridgehead atoms. The predicted molar refractivity (Wildman–Crippen MR) is 92.7 cm³/mol. The molecule has 1 unspecified atom stereocenters. The summed E-state index contributed by atoms with van der Waals surface area (Å²) in [4.78, 5) is 24.2. The minimum atomic E-state index is -0.955. The molecule has 1 N–H and O–H groups in total. The lowest BCUT2D eigenvalue weighted by Crippen LogP contribution is -2.30. The summed E-state index contributed by atoms with van der Waals surface area (Å²) in [6.45, 7) is 3.37. The van der Waals surface area contributed by atoms with Crippen LogP contribution in [0.4, 0.5) is 5.69 Å². The number of ether oxygens (including phenoxy) is 2. The van der Waals surface area contributed by atoms with E-state index in [0.717, 1.165) is 5.56 Å². The molecule has 0 radical (unpaired) electrons. The zero-order chi connectivity index (χ0) is 17.7. The van der Waals surface area contributed by atoms with Crippen molar-refractivity contribution in [1.82, 2.24) is 0 Å². The van der Waals surface area contributed by atoms with Crippen molar-refractivity contribution in [2.24, 2.45) is 0 Å². The minimum absolute atomic E-state index is 0.312. The van der Waals surface area contributed by atoms with Crippen molar-refractivity contribution in [3.05, 3.63) is 58.6 Å². The van der Waals surface area contributed by atoms with E-state index in [1.165, 1.54) is 14.0 Å². The van der Waals surface area contributed by atoms with Crippen molar-refractivity contribution in [1.29, 1.82) is 0 Å². The number of rotatable bonds is 5. The topological polar surface area (TPSA) is 64.6 Å². The zero-order valence-electron chi connectivity index (χ0n) is 13.6. The van der Waals surface area contributed by atoms with Crippen LogP contribution in [-0.2, 0) is 9.53 Å². The number of nitrogens with one attached hydrogen (secondary N) is 1. The van der Waals surface area contributed by atoms with Gasteiger partial charge in [-0.2, -0.15) is 0 Å². The number of anilines is 1. The Morgan fingerprint density at radius 2 is 1.92 bits per heavy atom. The molecule has 2 aromatic rings. The lowest BCUT2D eigenvalue weighted by molar-refractivity contribution is -0.123. The Morgan fingerprint density at radius 3 is 2.58 bits per heavy atom. The average molecular weight is 348 g/mol. The van der Waals surface area contributed by atoms with Crippen molar-refractivity contribution in [3.63, 3.8) is 0 Å². The van der Waals surface area contributed by atoms with E-state index in [-0.39, 0.29) is 0 Å². The number of benzene rings is 2. The number of halogens is 1. The van der Waals surface area contributed by atoms with Crippen molar-refractivity contribution >= 4 is 29.2 Å². The van der Waals surface area contributed by atoms with E-state index in [2.05, 4.69) is 5.32 Å². The number of carbonyl (C=O) groups is 2. The summed E-state index contributed by atoms with van der Waals surface area (Å²) in [5, 5.41) is 3.21. The highest BCUT2D eigenvalue weighted by Crippen LogP contribution is 2.20. The van der Waals surface area contributed by atoms with Crippen LogP contribution < -0.4 is 10.1 Å². The fourth-order valence-corrected chi connectivity index (χ4v) is 2.13. The Labute approximate surface area is 145 Å². The molecule has 0 fully saturated rings. The van der Waals surface area contributed by atoms with Gasteiger partial charge >= 0.3 is 5.97 Å². The third-order valence-corrected chi connectivity index (χ3v) is 3.81. The minimum Gasteiger partial charge on any atom is -0.497 e. The molecule has 0 saturated carbocycles.